The second-order valence-electron chi connectivity index (χ2n) is 17.2. The first-order chi connectivity index (χ1) is 32.4. The van der Waals surface area contributed by atoms with Crippen LogP contribution in [0.25, 0.3) is 12.2 Å². The third-order valence-electron chi connectivity index (χ3n) is 12.9. The number of hydrogen-bond acceptors (Lipinski definition) is 11. The van der Waals surface area contributed by atoms with E-state index in [1.165, 1.54) is 12.1 Å². The van der Waals surface area contributed by atoms with Crippen molar-refractivity contribution in [3.8, 4) is 63.2 Å². The van der Waals surface area contributed by atoms with Gasteiger partial charge in [-0.2, -0.15) is 0 Å². The van der Waals surface area contributed by atoms with Gasteiger partial charge in [-0.15, -0.1) is 0 Å². The van der Waals surface area contributed by atoms with Gasteiger partial charge in [0.25, 0.3) is 0 Å². The summed E-state index contributed by atoms with van der Waals surface area (Å²) in [6.07, 6.45) is 2.02. The van der Waals surface area contributed by atoms with Crippen LogP contribution < -0.4 is 14.2 Å². The quantitative estimate of drug-likeness (QED) is 0.0678. The van der Waals surface area contributed by atoms with Crippen molar-refractivity contribution in [1.29, 1.82) is 0 Å². The first-order valence-electron chi connectivity index (χ1n) is 21.7. The molecule has 8 N–H and O–H groups in total. The average molecular weight is 891 g/mol. The summed E-state index contributed by atoms with van der Waals surface area (Å²) in [5.74, 6) is -0.0232. The fourth-order valence-electron chi connectivity index (χ4n) is 10.1. The highest BCUT2D eigenvalue weighted by molar-refractivity contribution is 5.76. The normalized spacial score (nSPS) is 20.1. The Kier molecular flexibility index (Phi) is 9.84. The first-order valence-corrected chi connectivity index (χ1v) is 21.7. The topological polar surface area (TPSA) is 190 Å². The van der Waals surface area contributed by atoms with Crippen LogP contribution in [0.15, 0.2) is 158 Å². The molecular weight excluding hydrogens is 849 g/mol. The van der Waals surface area contributed by atoms with Gasteiger partial charge in [-0.05, 0) is 129 Å². The Morgan fingerprint density at radius 2 is 0.776 bits per heavy atom. The van der Waals surface area contributed by atoms with Gasteiger partial charge < -0.3 is 55.1 Å². The zero-order valence-electron chi connectivity index (χ0n) is 35.4. The molecule has 0 aliphatic carbocycles. The molecule has 11 rings (SSSR count). The van der Waals surface area contributed by atoms with E-state index < -0.39 is 36.1 Å². The Balaban J connectivity index is 1.04. The minimum Gasteiger partial charge on any atom is -0.508 e. The molecule has 0 radical (unpaired) electrons. The average Bonchev–Trinajstić information content (AvgIpc) is 4.00. The minimum atomic E-state index is -0.640. The van der Waals surface area contributed by atoms with E-state index in [-0.39, 0.29) is 46.0 Å². The standard InChI is InChI=1S/C56H42O11/c57-36-13-7-30(8-14-36)54-50(34-22-39(60)26-40(61)23-34)49-33(21-43(64)28-48(49)67-54)6-4-29-5-19-46-45(20-29)52(56(65-46)32-11-17-38(59)18-12-32)44-2-1-3-47-53(44)51(35-24-41(62)27-42(63)25-35)55(66-47)31-9-15-37(58)16-10-31/h1-28,50-52,54-64H/b6-4+/t50-,51+,52-,54+,55-,56+/m0/s1. The van der Waals surface area contributed by atoms with Gasteiger partial charge in [-0.3, -0.25) is 0 Å². The smallest absolute Gasteiger partial charge is 0.135 e. The fraction of sp³-hybridized carbons (Fsp3) is 0.107. The molecular formula is C56H42O11. The highest BCUT2D eigenvalue weighted by Crippen LogP contribution is 2.59. The summed E-state index contributed by atoms with van der Waals surface area (Å²) < 4.78 is 20.2. The minimum absolute atomic E-state index is 0.0261. The van der Waals surface area contributed by atoms with Gasteiger partial charge in [0.1, 0.15) is 81.6 Å². The summed E-state index contributed by atoms with van der Waals surface area (Å²) in [6, 6.07) is 44.2. The van der Waals surface area contributed by atoms with Crippen LogP contribution in [0.3, 0.4) is 0 Å². The van der Waals surface area contributed by atoms with E-state index in [4.69, 9.17) is 14.2 Å². The third kappa shape index (κ3) is 7.46. The molecule has 11 nitrogen and oxygen atoms in total. The maximum absolute atomic E-state index is 11.1. The highest BCUT2D eigenvalue weighted by atomic mass is 16.5. The molecule has 11 heteroatoms. The molecule has 6 atom stereocenters. The van der Waals surface area contributed by atoms with Crippen LogP contribution >= 0.6 is 0 Å². The Morgan fingerprint density at radius 3 is 1.31 bits per heavy atom. The molecule has 3 aliphatic heterocycles. The summed E-state index contributed by atoms with van der Waals surface area (Å²) in [5.41, 5.74) is 8.27. The molecule has 0 bridgehead atoms. The van der Waals surface area contributed by atoms with Gasteiger partial charge in [-0.25, -0.2) is 0 Å². The molecule has 0 amide bonds. The lowest BCUT2D eigenvalue weighted by atomic mass is 9.76. The van der Waals surface area contributed by atoms with Gasteiger partial charge in [0.2, 0.25) is 0 Å². The zero-order chi connectivity index (χ0) is 46.1. The van der Waals surface area contributed by atoms with Gasteiger partial charge in [0.15, 0.2) is 0 Å². The molecule has 8 aromatic carbocycles. The summed E-state index contributed by atoms with van der Waals surface area (Å²) >= 11 is 0. The largest absolute Gasteiger partial charge is 0.508 e. The van der Waals surface area contributed by atoms with Gasteiger partial charge >= 0.3 is 0 Å². The second kappa shape index (κ2) is 16.1. The maximum atomic E-state index is 11.1. The second-order valence-corrected chi connectivity index (χ2v) is 17.2. The van der Waals surface area contributed by atoms with Crippen LogP contribution in [0, 0.1) is 0 Å². The molecule has 67 heavy (non-hydrogen) atoms. The molecule has 0 spiro atoms. The van der Waals surface area contributed by atoms with Crippen molar-refractivity contribution in [2.75, 3.05) is 0 Å². The lowest BCUT2D eigenvalue weighted by Gasteiger charge is -2.25. The number of hydrogen-bond donors (Lipinski definition) is 8. The summed E-state index contributed by atoms with van der Waals surface area (Å²) in [6.45, 7) is 0. The van der Waals surface area contributed by atoms with Crippen LogP contribution in [0.5, 0.6) is 63.2 Å². The number of phenols is 8. The van der Waals surface area contributed by atoms with Crippen LogP contribution in [0.2, 0.25) is 0 Å². The Hall–Kier alpha value is -8.70. The van der Waals surface area contributed by atoms with E-state index in [1.807, 2.05) is 54.6 Å². The zero-order valence-corrected chi connectivity index (χ0v) is 35.4. The van der Waals surface area contributed by atoms with Gasteiger partial charge in [-0.1, -0.05) is 66.7 Å². The molecule has 8 aromatic rings. The van der Waals surface area contributed by atoms with Crippen molar-refractivity contribution in [2.45, 2.75) is 36.1 Å². The first kappa shape index (κ1) is 41.0. The van der Waals surface area contributed by atoms with Crippen LogP contribution in [-0.4, -0.2) is 40.9 Å². The Bertz CT molecular complexity index is 3190. The summed E-state index contributed by atoms with van der Waals surface area (Å²) in [4.78, 5) is 0. The SMILES string of the molecule is Oc1ccc([C@H]2Oc3ccc(/C=C/c4cc(O)cc5c4[C@H](c4cc(O)cc(O)c4)[C@@H](c4ccc(O)cc4)O5)cc3[C@@H]2c2cccc3c2[C@@H](c2cc(O)cc(O)c2)[C@H](c2ccc(O)cc2)O3)cc1. The molecule has 0 saturated carbocycles. The monoisotopic (exact) mass is 890 g/mol. The van der Waals surface area contributed by atoms with E-state index in [2.05, 4.69) is 6.07 Å². The number of rotatable bonds is 8. The van der Waals surface area contributed by atoms with Crippen LogP contribution in [0.1, 0.15) is 97.3 Å². The molecule has 0 unspecified atom stereocenters. The number of benzene rings is 8. The highest BCUT2D eigenvalue weighted by Gasteiger charge is 2.45. The fourth-order valence-corrected chi connectivity index (χ4v) is 10.1. The van der Waals surface area contributed by atoms with E-state index in [1.54, 1.807) is 97.1 Å². The van der Waals surface area contributed by atoms with Crippen molar-refractivity contribution in [1.82, 2.24) is 0 Å². The lowest BCUT2D eigenvalue weighted by molar-refractivity contribution is 0.220. The van der Waals surface area contributed by atoms with Crippen LogP contribution in [-0.2, 0) is 0 Å². The molecule has 3 heterocycles. The van der Waals surface area contributed by atoms with Crippen molar-refractivity contribution in [2.24, 2.45) is 0 Å². The predicted octanol–water partition coefficient (Wildman–Crippen LogP) is 11.3. The number of phenolic OH excluding ortho intramolecular Hbond substituents is 8. The van der Waals surface area contributed by atoms with Gasteiger partial charge in [0.05, 0.1) is 17.8 Å². The number of ether oxygens (including phenoxy) is 3. The number of aromatic hydroxyl groups is 8. The molecule has 0 fully saturated rings. The van der Waals surface area contributed by atoms with E-state index >= 15 is 0 Å². The molecule has 0 aromatic heterocycles. The third-order valence-corrected chi connectivity index (χ3v) is 12.9. The van der Waals surface area contributed by atoms with Crippen LogP contribution in [0.4, 0.5) is 0 Å². The van der Waals surface area contributed by atoms with Crippen molar-refractivity contribution >= 4 is 12.2 Å². The Morgan fingerprint density at radius 1 is 0.313 bits per heavy atom. The van der Waals surface area contributed by atoms with E-state index in [9.17, 15) is 40.9 Å². The van der Waals surface area contributed by atoms with E-state index in [0.29, 0.717) is 33.9 Å². The number of fused-ring (bicyclic) bond motifs is 3. The maximum Gasteiger partial charge on any atom is 0.135 e. The molecule has 3 aliphatic rings. The summed E-state index contributed by atoms with van der Waals surface area (Å²) in [5, 5.41) is 84.5. The molecule has 332 valence electrons. The predicted molar refractivity (Wildman–Crippen MR) is 249 cm³/mol. The van der Waals surface area contributed by atoms with Crippen molar-refractivity contribution in [3.63, 3.8) is 0 Å². The van der Waals surface area contributed by atoms with Crippen molar-refractivity contribution < 1.29 is 55.1 Å². The van der Waals surface area contributed by atoms with E-state index in [0.717, 1.165) is 44.5 Å². The molecule has 0 saturated heterocycles. The van der Waals surface area contributed by atoms with Crippen molar-refractivity contribution in [3.05, 3.63) is 219 Å². The van der Waals surface area contributed by atoms with Gasteiger partial charge in [0, 0.05) is 34.9 Å². The summed E-state index contributed by atoms with van der Waals surface area (Å²) in [7, 11) is 0. The lowest BCUT2D eigenvalue weighted by Crippen LogP contribution is -2.16. The Labute approximate surface area is 384 Å².